The first-order valence-electron chi connectivity index (χ1n) is 1.10. The van der Waals surface area contributed by atoms with Crippen LogP contribution in [0, 0.1) is 30.6 Å². The fourth-order valence-corrected chi connectivity index (χ4v) is 0. The third kappa shape index (κ3) is 179. The topological polar surface area (TPSA) is 169 Å². The van der Waals surface area contributed by atoms with Crippen LogP contribution in [0.15, 0.2) is 0 Å². The van der Waals surface area contributed by atoms with E-state index in [2.05, 4.69) is 0 Å². The maximum absolute atomic E-state index is 8.25. The van der Waals surface area contributed by atoms with Crippen LogP contribution in [0.4, 0.5) is 0 Å². The van der Waals surface area contributed by atoms with Crippen molar-refractivity contribution in [3.63, 3.8) is 0 Å². The molecule has 0 spiro atoms. The fourth-order valence-electron chi connectivity index (χ4n) is 0. The Kier molecular flexibility index (Phi) is 36.3. The van der Waals surface area contributed by atoms with Crippen molar-refractivity contribution in [2.24, 2.45) is 0 Å². The van der Waals surface area contributed by atoms with E-state index < -0.39 is 10.2 Å². The van der Waals surface area contributed by atoms with Crippen LogP contribution in [0.3, 0.4) is 0 Å². The van der Waals surface area contributed by atoms with Crippen LogP contribution < -0.4 is 6.15 Å². The quantitative estimate of drug-likeness (QED) is 0.325. The van der Waals surface area contributed by atoms with Crippen molar-refractivity contribution in [1.29, 1.82) is 0 Å². The van der Waals surface area contributed by atoms with Crippen molar-refractivity contribution in [2.45, 2.75) is 0 Å². The minimum atomic E-state index is -1.75. The van der Waals surface area contributed by atoms with Gasteiger partial charge < -0.3 is 36.8 Å². The Bertz CT molecular complexity index is 71.0. The van der Waals surface area contributed by atoms with Gasteiger partial charge in [0.2, 0.25) is 0 Å². The molecule has 0 radical (unpaired) electrons. The first-order chi connectivity index (χ1) is 3.46. The largest absolute Gasteiger partial charge is 0.369 e. The Morgan fingerprint density at radius 1 is 0.800 bits per heavy atom. The Morgan fingerprint density at radius 2 is 0.800 bits per heavy atom. The molecule has 0 fully saturated rings. The number of quaternary nitrogens is 1. The molecule has 0 aromatic heterocycles. The molecular weight excluding hydrogens is 197 g/mol. The van der Waals surface area contributed by atoms with Crippen molar-refractivity contribution in [2.75, 3.05) is 0 Å². The van der Waals surface area contributed by atoms with Gasteiger partial charge in [0.1, 0.15) is 0 Å². The molecule has 66 valence electrons. The van der Waals surface area contributed by atoms with Gasteiger partial charge in [-0.15, -0.1) is 0 Å². The molecule has 9 nitrogen and oxygen atoms in total. The van der Waals surface area contributed by atoms with Gasteiger partial charge >= 0.3 is 0 Å². The van der Waals surface area contributed by atoms with E-state index in [0.29, 0.717) is 0 Å². The van der Waals surface area contributed by atoms with Crippen molar-refractivity contribution in [1.82, 2.24) is 6.15 Å². The Balaban J connectivity index is -0.0000000300. The SMILES string of the molecule is O=[N+]([O-])[O-].O=[N+]([O-])[O-].[NH4+].[Ni]. The summed E-state index contributed by atoms with van der Waals surface area (Å²) >= 11 is 0. The molecule has 0 heterocycles. The molecule has 0 saturated heterocycles. The standard InChI is InChI=1S/2NO3.H3N.Ni/c2*2-1(3)4;;/h;;1H3;/q2*-1;;/p+1. The second kappa shape index (κ2) is 15.7. The van der Waals surface area contributed by atoms with E-state index >= 15 is 0 Å². The summed E-state index contributed by atoms with van der Waals surface area (Å²) in [6.45, 7) is 0. The van der Waals surface area contributed by atoms with E-state index in [1.165, 1.54) is 0 Å². The fraction of sp³-hybridized carbons (Fsp3) is 0. The third-order valence-corrected chi connectivity index (χ3v) is 0. The summed E-state index contributed by atoms with van der Waals surface area (Å²) < 4.78 is 0. The van der Waals surface area contributed by atoms with Gasteiger partial charge in [-0.25, -0.2) is 0 Å². The van der Waals surface area contributed by atoms with Gasteiger partial charge in [-0.3, -0.25) is 0 Å². The van der Waals surface area contributed by atoms with Gasteiger partial charge in [-0.1, -0.05) is 0 Å². The molecule has 10 heteroatoms. The predicted molar refractivity (Wildman–Crippen MR) is 26.7 cm³/mol. The van der Waals surface area contributed by atoms with Crippen molar-refractivity contribution < 1.29 is 26.7 Å². The maximum Gasteiger partial charge on any atom is 0.0689 e. The molecule has 0 aromatic carbocycles. The second-order valence-corrected chi connectivity index (χ2v) is 0.447. The van der Waals surface area contributed by atoms with Crippen LogP contribution in [-0.4, -0.2) is 10.2 Å². The third-order valence-electron chi connectivity index (χ3n) is 0. The molecule has 0 aliphatic carbocycles. The van der Waals surface area contributed by atoms with Crippen molar-refractivity contribution in [3.8, 4) is 0 Å². The van der Waals surface area contributed by atoms with Crippen LogP contribution in [0.2, 0.25) is 0 Å². The van der Waals surface area contributed by atoms with Gasteiger partial charge in [0.25, 0.3) is 0 Å². The summed E-state index contributed by atoms with van der Waals surface area (Å²) in [6, 6.07) is 0. The Morgan fingerprint density at radius 3 is 0.800 bits per heavy atom. The molecule has 0 atom stereocenters. The van der Waals surface area contributed by atoms with Gasteiger partial charge in [-0.2, -0.15) is 0 Å². The van der Waals surface area contributed by atoms with Gasteiger partial charge in [-0.05, 0) is 0 Å². The first kappa shape index (κ1) is 23.2. The zero-order valence-electron chi connectivity index (χ0n) is 4.66. The van der Waals surface area contributed by atoms with E-state index in [-0.39, 0.29) is 22.6 Å². The van der Waals surface area contributed by atoms with E-state index in [1.807, 2.05) is 0 Å². The number of nitrogens with zero attached hydrogens (tertiary/aromatic N) is 2. The predicted octanol–water partition coefficient (Wildman–Crippen LogP) is -0.105. The molecule has 10 heavy (non-hydrogen) atoms. The zero-order valence-corrected chi connectivity index (χ0v) is 5.65. The molecular formula is H4N3NiO6-. The van der Waals surface area contributed by atoms with E-state index in [4.69, 9.17) is 30.6 Å². The smallest absolute Gasteiger partial charge is 0.0689 e. The summed E-state index contributed by atoms with van der Waals surface area (Å²) in [5, 5.41) is 29.5. The minimum absolute atomic E-state index is 0. The van der Waals surface area contributed by atoms with Crippen LogP contribution in [0.1, 0.15) is 0 Å². The molecule has 0 aromatic rings. The molecule has 4 N–H and O–H groups in total. The average molecular weight is 201 g/mol. The molecule has 0 rings (SSSR count). The monoisotopic (exact) mass is 200 g/mol. The molecule has 0 amide bonds. The van der Waals surface area contributed by atoms with E-state index in [1.54, 1.807) is 0 Å². The normalized spacial score (nSPS) is 4.80. The van der Waals surface area contributed by atoms with Crippen LogP contribution in [0.25, 0.3) is 0 Å². The maximum atomic E-state index is 8.25. The summed E-state index contributed by atoms with van der Waals surface area (Å²) in [7, 11) is 0. The van der Waals surface area contributed by atoms with E-state index in [0.717, 1.165) is 0 Å². The Hall–Kier alpha value is -1.15. The van der Waals surface area contributed by atoms with E-state index in [9.17, 15) is 0 Å². The molecule has 0 aliphatic rings. The molecule has 0 saturated carbocycles. The summed E-state index contributed by atoms with van der Waals surface area (Å²) in [6.07, 6.45) is 0. The van der Waals surface area contributed by atoms with Gasteiger partial charge in [0.15, 0.2) is 0 Å². The molecule has 0 bridgehead atoms. The number of hydrogen-bond donors (Lipinski definition) is 1. The number of hydrogen-bond acceptors (Lipinski definition) is 6. The minimum Gasteiger partial charge on any atom is -0.369 e. The number of rotatable bonds is 0. The van der Waals surface area contributed by atoms with Crippen LogP contribution in [-0.2, 0) is 16.5 Å². The average Bonchev–Trinajstić information content (AvgIpc) is 1.25. The second-order valence-electron chi connectivity index (χ2n) is 0.447. The van der Waals surface area contributed by atoms with Gasteiger partial charge in [0.05, 0.1) is 10.2 Å². The molecule has 0 aliphatic heterocycles. The van der Waals surface area contributed by atoms with Crippen molar-refractivity contribution >= 4 is 0 Å². The van der Waals surface area contributed by atoms with Crippen molar-refractivity contribution in [3.05, 3.63) is 30.6 Å². The summed E-state index contributed by atoms with van der Waals surface area (Å²) in [5.74, 6) is 0. The van der Waals surface area contributed by atoms with Gasteiger partial charge in [0, 0.05) is 16.5 Å². The first-order valence-corrected chi connectivity index (χ1v) is 1.10. The molecule has 0 unspecified atom stereocenters. The summed E-state index contributed by atoms with van der Waals surface area (Å²) in [4.78, 5) is 16.5. The van der Waals surface area contributed by atoms with Crippen LogP contribution in [0.5, 0.6) is 0 Å². The zero-order chi connectivity index (χ0) is 7.15. The Labute approximate surface area is 64.4 Å². The summed E-state index contributed by atoms with van der Waals surface area (Å²) in [5.41, 5.74) is 0. The van der Waals surface area contributed by atoms with Crippen LogP contribution >= 0.6 is 0 Å².